The summed E-state index contributed by atoms with van der Waals surface area (Å²) in [6, 6.07) is 3.69. The van der Waals surface area contributed by atoms with Gasteiger partial charge >= 0.3 is 32.5 Å². The number of carbonyl (C=O) groups excluding carboxylic acids is 1. The Balaban J connectivity index is 2.13. The van der Waals surface area contributed by atoms with E-state index in [0.29, 0.717) is 6.07 Å². The van der Waals surface area contributed by atoms with E-state index in [1.165, 1.54) is 13.2 Å². The third-order valence-corrected chi connectivity index (χ3v) is 7.73. The van der Waals surface area contributed by atoms with Crippen LogP contribution in [0.3, 0.4) is 0 Å². The fourth-order valence-corrected chi connectivity index (χ4v) is 5.02. The molecule has 0 bridgehead atoms. The zero-order valence-electron chi connectivity index (χ0n) is 26.8. The molecule has 0 aliphatic heterocycles. The second kappa shape index (κ2) is 15.8. The summed E-state index contributed by atoms with van der Waals surface area (Å²) >= 11 is 0. The Morgan fingerprint density at radius 3 is 1.88 bits per heavy atom. The number of ether oxygens (including phenoxy) is 3. The van der Waals surface area contributed by atoms with Gasteiger partial charge in [0.05, 0.1) is 23.8 Å². The topological polar surface area (TPSA) is 124 Å². The van der Waals surface area contributed by atoms with Crippen LogP contribution in [0.5, 0.6) is 5.75 Å². The number of hydrogen-bond acceptors (Lipinski definition) is 7. The quantitative estimate of drug-likeness (QED) is 0.0717. The summed E-state index contributed by atoms with van der Waals surface area (Å²) < 4.78 is 168. The average molecular weight is 766 g/mol. The maximum Gasteiger partial charge on any atom is 0.511 e. The molecule has 3 aromatic carbocycles. The SMILES string of the molecule is COc1cc(F)c(C(C)C)cc1-c1ccc(C(F)(F)F)cc1CN[C@@H](C)[C@H](OC(=O)OCOP(=O)(O)O)c1cc(C(F)(F)F)cc(C(F)(F)F)c1. The van der Waals surface area contributed by atoms with Crippen LogP contribution in [0, 0.1) is 5.82 Å². The Morgan fingerprint density at radius 2 is 1.39 bits per heavy atom. The van der Waals surface area contributed by atoms with Crippen molar-refractivity contribution in [3.05, 3.63) is 87.7 Å². The van der Waals surface area contributed by atoms with Gasteiger partial charge in [0.15, 0.2) is 0 Å². The van der Waals surface area contributed by atoms with E-state index in [2.05, 4.69) is 14.6 Å². The van der Waals surface area contributed by atoms with Crippen LogP contribution >= 0.6 is 7.82 Å². The predicted molar refractivity (Wildman–Crippen MR) is 159 cm³/mol. The number of carbonyl (C=O) groups is 1. The highest BCUT2D eigenvalue weighted by molar-refractivity contribution is 7.46. The minimum atomic E-state index is -5.33. The molecule has 0 saturated heterocycles. The second-order valence-electron chi connectivity index (χ2n) is 11.3. The molecule has 51 heavy (non-hydrogen) atoms. The monoisotopic (exact) mass is 765 g/mol. The fourth-order valence-electron chi connectivity index (χ4n) is 4.83. The van der Waals surface area contributed by atoms with E-state index in [-0.39, 0.29) is 52.1 Å². The van der Waals surface area contributed by atoms with Crippen LogP contribution < -0.4 is 10.1 Å². The van der Waals surface area contributed by atoms with Crippen LogP contribution in [0.15, 0.2) is 48.5 Å². The van der Waals surface area contributed by atoms with Gasteiger partial charge in [0.1, 0.15) is 17.7 Å². The maximum atomic E-state index is 14.8. The Bertz CT molecular complexity index is 1720. The van der Waals surface area contributed by atoms with Gasteiger partial charge in [0.2, 0.25) is 6.79 Å². The van der Waals surface area contributed by atoms with Crippen LogP contribution in [0.2, 0.25) is 0 Å². The number of rotatable bonds is 12. The van der Waals surface area contributed by atoms with Crippen molar-refractivity contribution in [1.29, 1.82) is 0 Å². The second-order valence-corrected chi connectivity index (χ2v) is 12.5. The number of alkyl halides is 9. The molecule has 0 unspecified atom stereocenters. The Kier molecular flexibility index (Phi) is 12.8. The molecule has 0 heterocycles. The van der Waals surface area contributed by atoms with Crippen LogP contribution in [0.1, 0.15) is 66.2 Å². The number of methoxy groups -OCH3 is 1. The van der Waals surface area contributed by atoms with Crippen LogP contribution in [-0.2, 0) is 43.6 Å². The van der Waals surface area contributed by atoms with E-state index < -0.39 is 86.1 Å². The number of nitrogens with one attached hydrogen (secondary N) is 1. The normalized spacial score (nSPS) is 14.0. The summed E-state index contributed by atoms with van der Waals surface area (Å²) in [6.07, 6.45) is -19.5. The van der Waals surface area contributed by atoms with Crippen LogP contribution in [0.4, 0.5) is 48.7 Å². The molecular weight excluding hydrogens is 735 g/mol. The zero-order valence-corrected chi connectivity index (χ0v) is 27.7. The summed E-state index contributed by atoms with van der Waals surface area (Å²) in [5.41, 5.74) is -5.37. The third-order valence-electron chi connectivity index (χ3n) is 7.29. The van der Waals surface area contributed by atoms with Crippen molar-refractivity contribution in [3.8, 4) is 16.9 Å². The first-order valence-corrected chi connectivity index (χ1v) is 16.0. The third kappa shape index (κ3) is 11.3. The van der Waals surface area contributed by atoms with Gasteiger partial charge in [-0.1, -0.05) is 19.9 Å². The maximum absolute atomic E-state index is 14.8. The first kappa shape index (κ1) is 41.5. The van der Waals surface area contributed by atoms with Crippen molar-refractivity contribution in [3.63, 3.8) is 0 Å². The standard InChI is InChI=1S/C31H30F10NO8P/c1-15(2)23-11-24(26(47-4)12-25(23)32)22-6-5-19(29(33,34)35)9-18(22)13-42-16(3)27(50-28(43)48-14-49-51(44,45)46)17-7-20(30(36,37)38)10-21(8-17)31(39,40)41/h5-12,15-16,27,42H,13-14H2,1-4H3,(H2,44,45,46)/t16-,27-/m0/s1. The van der Waals surface area contributed by atoms with Gasteiger partial charge in [-0.3, -0.25) is 0 Å². The zero-order chi connectivity index (χ0) is 38.7. The summed E-state index contributed by atoms with van der Waals surface area (Å²) in [5, 5.41) is 2.64. The fraction of sp³-hybridized carbons (Fsp3) is 0.387. The summed E-state index contributed by atoms with van der Waals surface area (Å²) in [6.45, 7) is 2.39. The molecule has 3 rings (SSSR count). The largest absolute Gasteiger partial charge is 0.511 e. The lowest BCUT2D eigenvalue weighted by atomic mass is 9.92. The minimum absolute atomic E-state index is 0.0731. The number of benzene rings is 3. The molecule has 3 aromatic rings. The number of phosphoric ester groups is 1. The van der Waals surface area contributed by atoms with Gasteiger partial charge in [-0.15, -0.1) is 0 Å². The van der Waals surface area contributed by atoms with E-state index in [4.69, 9.17) is 19.3 Å². The van der Waals surface area contributed by atoms with Crippen molar-refractivity contribution >= 4 is 14.0 Å². The molecule has 0 spiro atoms. The lowest BCUT2D eigenvalue weighted by Crippen LogP contribution is -2.35. The van der Waals surface area contributed by atoms with Crippen molar-refractivity contribution in [2.75, 3.05) is 13.9 Å². The summed E-state index contributed by atoms with van der Waals surface area (Å²) in [5.74, 6) is -1.12. The van der Waals surface area contributed by atoms with Gasteiger partial charge < -0.3 is 29.3 Å². The number of halogens is 10. The molecule has 0 amide bonds. The lowest BCUT2D eigenvalue weighted by Gasteiger charge is -2.27. The highest BCUT2D eigenvalue weighted by atomic mass is 31.2. The molecule has 3 N–H and O–H groups in total. The van der Waals surface area contributed by atoms with E-state index >= 15 is 0 Å². The first-order valence-electron chi connectivity index (χ1n) is 14.5. The van der Waals surface area contributed by atoms with Gasteiger partial charge in [-0.05, 0) is 71.5 Å². The Labute approximate surface area is 283 Å². The van der Waals surface area contributed by atoms with Gasteiger partial charge in [0, 0.05) is 24.2 Å². The van der Waals surface area contributed by atoms with Crippen molar-refractivity contribution in [1.82, 2.24) is 5.32 Å². The van der Waals surface area contributed by atoms with Crippen molar-refractivity contribution in [2.24, 2.45) is 0 Å². The molecule has 0 saturated carbocycles. The molecule has 20 heteroatoms. The Morgan fingerprint density at radius 1 is 0.824 bits per heavy atom. The highest BCUT2D eigenvalue weighted by Crippen LogP contribution is 2.41. The average Bonchev–Trinajstić information content (AvgIpc) is 3.00. The highest BCUT2D eigenvalue weighted by Gasteiger charge is 2.39. The molecule has 0 aromatic heterocycles. The van der Waals surface area contributed by atoms with Gasteiger partial charge in [-0.25, -0.2) is 18.3 Å². The van der Waals surface area contributed by atoms with E-state index in [0.717, 1.165) is 25.1 Å². The molecule has 0 aliphatic carbocycles. The number of hydrogen-bond donors (Lipinski definition) is 3. The van der Waals surface area contributed by atoms with E-state index in [1.807, 2.05) is 0 Å². The van der Waals surface area contributed by atoms with Gasteiger partial charge in [-0.2, -0.15) is 39.5 Å². The predicted octanol–water partition coefficient (Wildman–Crippen LogP) is 9.12. The lowest BCUT2D eigenvalue weighted by molar-refractivity contribution is -0.143. The van der Waals surface area contributed by atoms with Crippen molar-refractivity contribution < 1.29 is 81.8 Å². The van der Waals surface area contributed by atoms with Gasteiger partial charge in [0.25, 0.3) is 0 Å². The van der Waals surface area contributed by atoms with Crippen molar-refractivity contribution in [2.45, 2.75) is 63.9 Å². The minimum Gasteiger partial charge on any atom is -0.496 e. The Hall–Kier alpha value is -3.90. The summed E-state index contributed by atoms with van der Waals surface area (Å²) in [7, 11) is -4.01. The number of phosphoric acid groups is 1. The molecule has 9 nitrogen and oxygen atoms in total. The molecular formula is C31H30F10NO8P. The molecule has 0 aliphatic rings. The first-order chi connectivity index (χ1) is 23.3. The molecule has 0 fully saturated rings. The van der Waals surface area contributed by atoms with Crippen LogP contribution in [0.25, 0.3) is 11.1 Å². The van der Waals surface area contributed by atoms with Crippen LogP contribution in [-0.4, -0.2) is 35.9 Å². The molecule has 282 valence electrons. The molecule has 2 atom stereocenters. The van der Waals surface area contributed by atoms with E-state index in [1.54, 1.807) is 13.8 Å². The smallest absolute Gasteiger partial charge is 0.496 e. The molecule has 0 radical (unpaired) electrons. The summed E-state index contributed by atoms with van der Waals surface area (Å²) in [4.78, 5) is 30.0. The van der Waals surface area contributed by atoms with E-state index in [9.17, 15) is 53.3 Å².